The number of carbonyl (C=O) groups excluding carboxylic acids is 1. The Morgan fingerprint density at radius 2 is 1.89 bits per heavy atom. The standard InChI is InChI=1S/C12H16BrNO3S/c1-8-7-9(13)5-6-10(8)14-11(15)12(2,3)18(4,16)17/h5-7H,1-4H3,(H,14,15). The van der Waals surface area contributed by atoms with Gasteiger partial charge in [0.05, 0.1) is 0 Å². The van der Waals surface area contributed by atoms with Crippen molar-refractivity contribution in [1.29, 1.82) is 0 Å². The number of halogens is 1. The molecule has 18 heavy (non-hydrogen) atoms. The van der Waals surface area contributed by atoms with E-state index in [0.717, 1.165) is 16.3 Å². The largest absolute Gasteiger partial charge is 0.324 e. The topological polar surface area (TPSA) is 63.2 Å². The quantitative estimate of drug-likeness (QED) is 0.924. The zero-order valence-corrected chi connectivity index (χ0v) is 13.1. The van der Waals surface area contributed by atoms with Crippen molar-refractivity contribution in [1.82, 2.24) is 0 Å². The average Bonchev–Trinajstić information content (AvgIpc) is 2.20. The molecule has 1 aromatic carbocycles. The van der Waals surface area contributed by atoms with Crippen LogP contribution in [0.2, 0.25) is 0 Å². The lowest BCUT2D eigenvalue weighted by Crippen LogP contribution is -2.43. The molecule has 1 rings (SSSR count). The molecule has 0 spiro atoms. The number of aryl methyl sites for hydroxylation is 1. The third-order valence-corrected chi connectivity index (χ3v) is 5.44. The number of amides is 1. The minimum absolute atomic E-state index is 0.532. The summed E-state index contributed by atoms with van der Waals surface area (Å²) in [7, 11) is -3.46. The fourth-order valence-electron chi connectivity index (χ4n) is 1.21. The van der Waals surface area contributed by atoms with Gasteiger partial charge >= 0.3 is 0 Å². The van der Waals surface area contributed by atoms with E-state index < -0.39 is 20.5 Å². The van der Waals surface area contributed by atoms with Crippen LogP contribution in [0.15, 0.2) is 22.7 Å². The van der Waals surface area contributed by atoms with Crippen LogP contribution in [0.25, 0.3) is 0 Å². The fourth-order valence-corrected chi connectivity index (χ4v) is 2.07. The second-order valence-electron chi connectivity index (χ2n) is 4.70. The van der Waals surface area contributed by atoms with Gasteiger partial charge in [-0.15, -0.1) is 0 Å². The van der Waals surface area contributed by atoms with Gasteiger partial charge in [0.1, 0.15) is 4.75 Å². The summed E-state index contributed by atoms with van der Waals surface area (Å²) in [6.07, 6.45) is 1.06. The molecule has 0 fully saturated rings. The van der Waals surface area contributed by atoms with E-state index in [9.17, 15) is 13.2 Å². The van der Waals surface area contributed by atoms with Crippen LogP contribution in [0, 0.1) is 6.92 Å². The lowest BCUT2D eigenvalue weighted by molar-refractivity contribution is -0.117. The van der Waals surface area contributed by atoms with Crippen molar-refractivity contribution in [3.05, 3.63) is 28.2 Å². The summed E-state index contributed by atoms with van der Waals surface area (Å²) in [4.78, 5) is 12.0. The van der Waals surface area contributed by atoms with Gasteiger partial charge < -0.3 is 5.32 Å². The van der Waals surface area contributed by atoms with Gasteiger partial charge in [-0.25, -0.2) is 8.42 Å². The van der Waals surface area contributed by atoms with E-state index in [0.29, 0.717) is 5.69 Å². The molecule has 4 nitrogen and oxygen atoms in total. The third-order valence-electron chi connectivity index (χ3n) is 2.91. The normalized spacial score (nSPS) is 12.3. The predicted octanol–water partition coefficient (Wildman–Crippen LogP) is 2.52. The first-order valence-corrected chi connectivity index (χ1v) is 8.01. The van der Waals surface area contributed by atoms with Crippen LogP contribution in [0.5, 0.6) is 0 Å². The molecular formula is C12H16BrNO3S. The van der Waals surface area contributed by atoms with Gasteiger partial charge in [0.2, 0.25) is 5.91 Å². The molecule has 0 aliphatic heterocycles. The van der Waals surface area contributed by atoms with Crippen LogP contribution in [0.3, 0.4) is 0 Å². The monoisotopic (exact) mass is 333 g/mol. The maximum atomic E-state index is 12.0. The number of nitrogens with one attached hydrogen (secondary N) is 1. The lowest BCUT2D eigenvalue weighted by Gasteiger charge is -2.22. The molecule has 0 heterocycles. The summed E-state index contributed by atoms with van der Waals surface area (Å²) >= 11 is 3.33. The molecule has 0 saturated carbocycles. The first-order chi connectivity index (χ1) is 8.05. The van der Waals surface area contributed by atoms with Crippen LogP contribution in [-0.2, 0) is 14.6 Å². The summed E-state index contributed by atoms with van der Waals surface area (Å²) < 4.78 is 22.6. The molecule has 100 valence electrons. The molecule has 0 aliphatic rings. The zero-order chi connectivity index (χ0) is 14.1. The molecule has 0 bridgehead atoms. The molecule has 1 N–H and O–H groups in total. The summed E-state index contributed by atoms with van der Waals surface area (Å²) in [5.74, 6) is -0.532. The number of carbonyl (C=O) groups is 1. The SMILES string of the molecule is Cc1cc(Br)ccc1NC(=O)C(C)(C)S(C)(=O)=O. The van der Waals surface area contributed by atoms with E-state index in [1.807, 2.05) is 13.0 Å². The van der Waals surface area contributed by atoms with E-state index in [1.54, 1.807) is 12.1 Å². The highest BCUT2D eigenvalue weighted by Crippen LogP contribution is 2.23. The smallest absolute Gasteiger partial charge is 0.245 e. The Bertz CT molecular complexity index is 579. The molecule has 0 aromatic heterocycles. The maximum Gasteiger partial charge on any atom is 0.245 e. The molecule has 0 saturated heterocycles. The third kappa shape index (κ3) is 3.11. The van der Waals surface area contributed by atoms with Crippen LogP contribution in [-0.4, -0.2) is 25.3 Å². The van der Waals surface area contributed by atoms with Gasteiger partial charge in [-0.05, 0) is 44.5 Å². The van der Waals surface area contributed by atoms with Crippen molar-refractivity contribution >= 4 is 37.4 Å². The molecule has 1 amide bonds. The van der Waals surface area contributed by atoms with Gasteiger partial charge in [-0.2, -0.15) is 0 Å². The first kappa shape index (κ1) is 15.2. The van der Waals surface area contributed by atoms with Crippen molar-refractivity contribution in [2.75, 3.05) is 11.6 Å². The molecule has 0 radical (unpaired) electrons. The van der Waals surface area contributed by atoms with Crippen molar-refractivity contribution in [2.24, 2.45) is 0 Å². The van der Waals surface area contributed by atoms with Gasteiger partial charge in [-0.1, -0.05) is 15.9 Å². The van der Waals surface area contributed by atoms with Crippen molar-refractivity contribution < 1.29 is 13.2 Å². The minimum atomic E-state index is -3.46. The second-order valence-corrected chi connectivity index (χ2v) is 8.18. The number of sulfone groups is 1. The van der Waals surface area contributed by atoms with Gasteiger partial charge in [-0.3, -0.25) is 4.79 Å². The number of rotatable bonds is 3. The van der Waals surface area contributed by atoms with Crippen LogP contribution in [0.1, 0.15) is 19.4 Å². The Balaban J connectivity index is 3.02. The highest BCUT2D eigenvalue weighted by Gasteiger charge is 2.38. The Kier molecular flexibility index (Phi) is 4.23. The van der Waals surface area contributed by atoms with Crippen molar-refractivity contribution in [2.45, 2.75) is 25.5 Å². The minimum Gasteiger partial charge on any atom is -0.324 e. The lowest BCUT2D eigenvalue weighted by atomic mass is 10.1. The number of anilines is 1. The molecule has 6 heteroatoms. The molecular weight excluding hydrogens is 318 g/mol. The van der Waals surface area contributed by atoms with Crippen molar-refractivity contribution in [3.8, 4) is 0 Å². The Hall–Kier alpha value is -0.880. The van der Waals surface area contributed by atoms with Crippen molar-refractivity contribution in [3.63, 3.8) is 0 Å². The average molecular weight is 334 g/mol. The highest BCUT2D eigenvalue weighted by molar-refractivity contribution is 9.10. The fraction of sp³-hybridized carbons (Fsp3) is 0.417. The maximum absolute atomic E-state index is 12.0. The van der Waals surface area contributed by atoms with Crippen LogP contribution in [0.4, 0.5) is 5.69 Å². The van der Waals surface area contributed by atoms with Crippen LogP contribution >= 0.6 is 15.9 Å². The number of hydrogen-bond donors (Lipinski definition) is 1. The Morgan fingerprint density at radius 1 is 1.33 bits per heavy atom. The van der Waals surface area contributed by atoms with Gasteiger partial charge in [0, 0.05) is 16.4 Å². The summed E-state index contributed by atoms with van der Waals surface area (Å²) in [6, 6.07) is 5.37. The van der Waals surface area contributed by atoms with Gasteiger partial charge in [0.15, 0.2) is 9.84 Å². The molecule has 0 atom stereocenters. The Labute approximate surface area is 116 Å². The molecule has 1 aromatic rings. The van der Waals surface area contributed by atoms with E-state index in [-0.39, 0.29) is 0 Å². The Morgan fingerprint density at radius 3 is 2.33 bits per heavy atom. The number of hydrogen-bond acceptors (Lipinski definition) is 3. The van der Waals surface area contributed by atoms with E-state index in [4.69, 9.17) is 0 Å². The van der Waals surface area contributed by atoms with E-state index in [1.165, 1.54) is 13.8 Å². The second kappa shape index (κ2) is 5.01. The molecule has 0 unspecified atom stereocenters. The summed E-state index contributed by atoms with van der Waals surface area (Å²) in [5, 5.41) is 2.65. The molecule has 0 aliphatic carbocycles. The predicted molar refractivity (Wildman–Crippen MR) is 76.4 cm³/mol. The highest BCUT2D eigenvalue weighted by atomic mass is 79.9. The van der Waals surface area contributed by atoms with E-state index in [2.05, 4.69) is 21.2 Å². The first-order valence-electron chi connectivity index (χ1n) is 5.33. The van der Waals surface area contributed by atoms with Crippen LogP contribution < -0.4 is 5.32 Å². The number of benzene rings is 1. The van der Waals surface area contributed by atoms with E-state index >= 15 is 0 Å². The summed E-state index contributed by atoms with van der Waals surface area (Å²) in [6.45, 7) is 4.63. The summed E-state index contributed by atoms with van der Waals surface area (Å²) in [5.41, 5.74) is 1.47. The van der Waals surface area contributed by atoms with Gasteiger partial charge in [0.25, 0.3) is 0 Å². The zero-order valence-electron chi connectivity index (χ0n) is 10.7.